The van der Waals surface area contributed by atoms with Crippen LogP contribution in [0.4, 0.5) is 0 Å². The molecular formula is C13H21NO2. The van der Waals surface area contributed by atoms with E-state index in [0.717, 1.165) is 12.0 Å². The third kappa shape index (κ3) is 4.21. The van der Waals surface area contributed by atoms with Gasteiger partial charge in [-0.1, -0.05) is 19.1 Å². The Labute approximate surface area is 97.1 Å². The summed E-state index contributed by atoms with van der Waals surface area (Å²) in [6, 6.07) is 7.39. The molecular weight excluding hydrogens is 202 g/mol. The van der Waals surface area contributed by atoms with Crippen molar-refractivity contribution in [2.45, 2.75) is 38.8 Å². The van der Waals surface area contributed by atoms with E-state index >= 15 is 0 Å². The van der Waals surface area contributed by atoms with Crippen LogP contribution in [-0.4, -0.2) is 22.4 Å². The van der Waals surface area contributed by atoms with Gasteiger partial charge in [-0.3, -0.25) is 0 Å². The molecule has 1 unspecified atom stereocenters. The molecule has 3 N–H and O–H groups in total. The van der Waals surface area contributed by atoms with E-state index in [1.54, 1.807) is 26.0 Å². The van der Waals surface area contributed by atoms with E-state index in [2.05, 4.69) is 12.2 Å². The Hall–Kier alpha value is -1.06. The van der Waals surface area contributed by atoms with E-state index in [1.807, 2.05) is 12.1 Å². The van der Waals surface area contributed by atoms with Gasteiger partial charge in [-0.2, -0.15) is 0 Å². The molecule has 3 heteroatoms. The van der Waals surface area contributed by atoms with E-state index in [-0.39, 0.29) is 11.8 Å². The lowest BCUT2D eigenvalue weighted by Crippen LogP contribution is -2.36. The first kappa shape index (κ1) is 13.0. The van der Waals surface area contributed by atoms with E-state index in [1.165, 1.54) is 0 Å². The van der Waals surface area contributed by atoms with Crippen LogP contribution in [0.15, 0.2) is 24.3 Å². The van der Waals surface area contributed by atoms with Crippen molar-refractivity contribution < 1.29 is 10.2 Å². The fourth-order valence-corrected chi connectivity index (χ4v) is 1.58. The summed E-state index contributed by atoms with van der Waals surface area (Å²) in [6.45, 7) is 6.20. The van der Waals surface area contributed by atoms with Crippen molar-refractivity contribution in [1.29, 1.82) is 0 Å². The summed E-state index contributed by atoms with van der Waals surface area (Å²) in [5.74, 6) is 0.279. The van der Waals surface area contributed by atoms with Crippen molar-refractivity contribution >= 4 is 0 Å². The number of phenolic OH excluding ortho intramolecular Hbond substituents is 1. The van der Waals surface area contributed by atoms with E-state index in [9.17, 15) is 10.2 Å². The predicted molar refractivity (Wildman–Crippen MR) is 65.4 cm³/mol. The first-order valence-corrected chi connectivity index (χ1v) is 5.67. The molecule has 0 fully saturated rings. The van der Waals surface area contributed by atoms with Crippen LogP contribution in [0.5, 0.6) is 5.75 Å². The van der Waals surface area contributed by atoms with Gasteiger partial charge in [0.25, 0.3) is 0 Å². The Morgan fingerprint density at radius 3 is 2.25 bits per heavy atom. The second kappa shape index (κ2) is 5.32. The highest BCUT2D eigenvalue weighted by Gasteiger charge is 2.15. The van der Waals surface area contributed by atoms with Gasteiger partial charge in [0, 0.05) is 12.6 Å². The first-order chi connectivity index (χ1) is 7.42. The topological polar surface area (TPSA) is 52.5 Å². The number of aliphatic hydroxyl groups is 1. The summed E-state index contributed by atoms with van der Waals surface area (Å²) in [5, 5.41) is 22.2. The zero-order chi connectivity index (χ0) is 12.2. The van der Waals surface area contributed by atoms with Crippen molar-refractivity contribution in [1.82, 2.24) is 5.32 Å². The number of hydrogen-bond donors (Lipinski definition) is 3. The van der Waals surface area contributed by atoms with Gasteiger partial charge in [0.2, 0.25) is 0 Å². The second-order valence-corrected chi connectivity index (χ2v) is 4.75. The maximum absolute atomic E-state index is 9.65. The minimum Gasteiger partial charge on any atom is -0.508 e. The van der Waals surface area contributed by atoms with Gasteiger partial charge < -0.3 is 15.5 Å². The molecule has 0 heterocycles. The number of rotatable bonds is 5. The minimum atomic E-state index is -0.704. The molecule has 1 rings (SSSR count). The maximum Gasteiger partial charge on any atom is 0.115 e. The minimum absolute atomic E-state index is 0.215. The lowest BCUT2D eigenvalue weighted by atomic mass is 10.0. The summed E-state index contributed by atoms with van der Waals surface area (Å²) in [6.07, 6.45) is 0.945. The smallest absolute Gasteiger partial charge is 0.115 e. The molecule has 1 aromatic carbocycles. The highest BCUT2D eigenvalue weighted by Crippen LogP contribution is 2.19. The van der Waals surface area contributed by atoms with Gasteiger partial charge in [-0.05, 0) is 38.0 Å². The third-order valence-electron chi connectivity index (χ3n) is 2.48. The molecule has 0 saturated carbocycles. The Morgan fingerprint density at radius 1 is 1.25 bits per heavy atom. The molecule has 90 valence electrons. The van der Waals surface area contributed by atoms with E-state index in [0.29, 0.717) is 6.54 Å². The van der Waals surface area contributed by atoms with Crippen molar-refractivity contribution in [2.24, 2.45) is 0 Å². The number of hydrogen-bond acceptors (Lipinski definition) is 3. The second-order valence-electron chi connectivity index (χ2n) is 4.75. The summed E-state index contributed by atoms with van der Waals surface area (Å²) in [5.41, 5.74) is 0.425. The lowest BCUT2D eigenvalue weighted by molar-refractivity contribution is 0.0762. The molecule has 3 nitrogen and oxygen atoms in total. The molecule has 16 heavy (non-hydrogen) atoms. The predicted octanol–water partition coefficient (Wildman–Crippen LogP) is 2.20. The third-order valence-corrected chi connectivity index (χ3v) is 2.48. The SMILES string of the molecule is CCC(NCC(C)(C)O)c1ccc(O)cc1. The van der Waals surface area contributed by atoms with Gasteiger partial charge in [-0.25, -0.2) is 0 Å². The van der Waals surface area contributed by atoms with Crippen LogP contribution in [-0.2, 0) is 0 Å². The summed E-state index contributed by atoms with van der Waals surface area (Å²) in [4.78, 5) is 0. The fraction of sp³-hybridized carbons (Fsp3) is 0.538. The molecule has 0 radical (unpaired) electrons. The summed E-state index contributed by atoms with van der Waals surface area (Å²) < 4.78 is 0. The average Bonchev–Trinajstić information content (AvgIpc) is 2.20. The number of benzene rings is 1. The van der Waals surface area contributed by atoms with Crippen molar-refractivity contribution in [3.05, 3.63) is 29.8 Å². The van der Waals surface area contributed by atoms with Crippen molar-refractivity contribution in [2.75, 3.05) is 6.54 Å². The van der Waals surface area contributed by atoms with Gasteiger partial charge >= 0.3 is 0 Å². The highest BCUT2D eigenvalue weighted by atomic mass is 16.3. The van der Waals surface area contributed by atoms with Crippen LogP contribution in [0.3, 0.4) is 0 Å². The van der Waals surface area contributed by atoms with Crippen molar-refractivity contribution in [3.63, 3.8) is 0 Å². The van der Waals surface area contributed by atoms with Gasteiger partial charge in [-0.15, -0.1) is 0 Å². The average molecular weight is 223 g/mol. The highest BCUT2D eigenvalue weighted by molar-refractivity contribution is 5.27. The molecule has 0 saturated heterocycles. The molecule has 1 atom stereocenters. The van der Waals surface area contributed by atoms with Crippen LogP contribution in [0.2, 0.25) is 0 Å². The van der Waals surface area contributed by atoms with Gasteiger partial charge in [0.15, 0.2) is 0 Å². The lowest BCUT2D eigenvalue weighted by Gasteiger charge is -2.23. The Bertz CT molecular complexity index is 314. The Balaban J connectivity index is 2.64. The molecule has 0 aliphatic rings. The number of aromatic hydroxyl groups is 1. The molecule has 0 spiro atoms. The van der Waals surface area contributed by atoms with Crippen LogP contribution >= 0.6 is 0 Å². The monoisotopic (exact) mass is 223 g/mol. The van der Waals surface area contributed by atoms with Crippen molar-refractivity contribution in [3.8, 4) is 5.75 Å². The zero-order valence-corrected chi connectivity index (χ0v) is 10.2. The van der Waals surface area contributed by atoms with E-state index in [4.69, 9.17) is 0 Å². The summed E-state index contributed by atoms with van der Waals surface area (Å²) in [7, 11) is 0. The van der Waals surface area contributed by atoms with E-state index < -0.39 is 5.60 Å². The molecule has 0 aliphatic carbocycles. The molecule has 0 aromatic heterocycles. The van der Waals surface area contributed by atoms with Crippen LogP contribution in [0.1, 0.15) is 38.8 Å². The zero-order valence-electron chi connectivity index (χ0n) is 10.2. The van der Waals surface area contributed by atoms with Crippen LogP contribution in [0, 0.1) is 0 Å². The number of phenols is 1. The quantitative estimate of drug-likeness (QED) is 0.717. The summed E-state index contributed by atoms with van der Waals surface area (Å²) >= 11 is 0. The Kier molecular flexibility index (Phi) is 4.33. The van der Waals surface area contributed by atoms with Crippen LogP contribution < -0.4 is 5.32 Å². The molecule has 1 aromatic rings. The molecule has 0 aliphatic heterocycles. The maximum atomic E-state index is 9.65. The largest absolute Gasteiger partial charge is 0.508 e. The normalized spacial score (nSPS) is 13.8. The van der Waals surface area contributed by atoms with Gasteiger partial charge in [0.05, 0.1) is 5.60 Å². The Morgan fingerprint density at radius 2 is 1.81 bits per heavy atom. The molecule has 0 bridgehead atoms. The van der Waals surface area contributed by atoms with Crippen LogP contribution in [0.25, 0.3) is 0 Å². The molecule has 0 amide bonds. The standard InChI is InChI=1S/C13H21NO2/c1-4-12(14-9-13(2,3)16)10-5-7-11(15)8-6-10/h5-8,12,14-16H,4,9H2,1-3H3. The fourth-order valence-electron chi connectivity index (χ4n) is 1.58. The van der Waals surface area contributed by atoms with Gasteiger partial charge in [0.1, 0.15) is 5.75 Å². The number of nitrogens with one attached hydrogen (secondary N) is 1. The first-order valence-electron chi connectivity index (χ1n) is 5.67.